The van der Waals surface area contributed by atoms with E-state index in [4.69, 9.17) is 5.73 Å². The molecule has 0 radical (unpaired) electrons. The van der Waals surface area contributed by atoms with Gasteiger partial charge in [-0.2, -0.15) is 0 Å². The van der Waals surface area contributed by atoms with Gasteiger partial charge in [-0.25, -0.2) is 0 Å². The number of aromatic nitrogens is 2. The first-order valence-corrected chi connectivity index (χ1v) is 5.69. The van der Waals surface area contributed by atoms with E-state index in [0.717, 1.165) is 11.3 Å². The summed E-state index contributed by atoms with van der Waals surface area (Å²) in [6.45, 7) is 6.27. The molecule has 2 N–H and O–H groups in total. The van der Waals surface area contributed by atoms with E-state index in [-0.39, 0.29) is 6.04 Å². The van der Waals surface area contributed by atoms with Gasteiger partial charge in [0.1, 0.15) is 0 Å². The molecule has 0 fully saturated rings. The summed E-state index contributed by atoms with van der Waals surface area (Å²) < 4.78 is 0. The predicted molar refractivity (Wildman–Crippen MR) is 68.7 cm³/mol. The topological polar surface area (TPSA) is 51.8 Å². The second-order valence-electron chi connectivity index (χ2n) is 4.42. The van der Waals surface area contributed by atoms with Crippen molar-refractivity contribution in [1.82, 2.24) is 9.97 Å². The van der Waals surface area contributed by atoms with Crippen LogP contribution >= 0.6 is 0 Å². The minimum Gasteiger partial charge on any atom is -0.319 e. The van der Waals surface area contributed by atoms with Crippen molar-refractivity contribution in [1.29, 1.82) is 0 Å². The fraction of sp³-hybridized carbons (Fsp3) is 0.286. The van der Waals surface area contributed by atoms with Crippen molar-refractivity contribution in [3.8, 4) is 0 Å². The summed E-state index contributed by atoms with van der Waals surface area (Å²) >= 11 is 0. The molecule has 1 heterocycles. The SMILES string of the molecule is Cc1cc(C)c(C(N)c2cnccn2)c(C)c1. The maximum absolute atomic E-state index is 6.27. The van der Waals surface area contributed by atoms with Gasteiger partial charge in [0.15, 0.2) is 0 Å². The summed E-state index contributed by atoms with van der Waals surface area (Å²) in [6.07, 6.45) is 5.06. The van der Waals surface area contributed by atoms with Crippen LogP contribution in [0.15, 0.2) is 30.7 Å². The van der Waals surface area contributed by atoms with Crippen LogP contribution in [0, 0.1) is 20.8 Å². The van der Waals surface area contributed by atoms with Crippen LogP contribution in [-0.4, -0.2) is 9.97 Å². The average Bonchev–Trinajstić information content (AvgIpc) is 2.28. The number of benzene rings is 1. The standard InChI is InChI=1S/C14H17N3/c1-9-6-10(2)13(11(3)7-9)14(15)12-8-16-4-5-17-12/h4-8,14H,15H2,1-3H3. The predicted octanol–water partition coefficient (Wildman–Crippen LogP) is 2.45. The Hall–Kier alpha value is -1.74. The van der Waals surface area contributed by atoms with Gasteiger partial charge in [0.05, 0.1) is 17.9 Å². The molecule has 0 aliphatic heterocycles. The number of hydrogen-bond donors (Lipinski definition) is 1. The summed E-state index contributed by atoms with van der Waals surface area (Å²) in [5, 5.41) is 0. The molecule has 0 bridgehead atoms. The van der Waals surface area contributed by atoms with Crippen LogP contribution < -0.4 is 5.73 Å². The molecule has 0 saturated heterocycles. The van der Waals surface area contributed by atoms with Crippen LogP contribution in [0.1, 0.15) is 34.0 Å². The molecule has 1 aromatic heterocycles. The largest absolute Gasteiger partial charge is 0.319 e. The zero-order valence-corrected chi connectivity index (χ0v) is 10.4. The van der Waals surface area contributed by atoms with Crippen LogP contribution in [0.3, 0.4) is 0 Å². The molecule has 0 amide bonds. The fourth-order valence-electron chi connectivity index (χ4n) is 2.30. The highest BCUT2D eigenvalue weighted by Gasteiger charge is 2.15. The second kappa shape index (κ2) is 4.63. The maximum Gasteiger partial charge on any atom is 0.0799 e. The number of nitrogens with zero attached hydrogens (tertiary/aromatic N) is 2. The van der Waals surface area contributed by atoms with E-state index in [1.165, 1.54) is 16.7 Å². The molecular weight excluding hydrogens is 210 g/mol. The fourth-order valence-corrected chi connectivity index (χ4v) is 2.30. The number of rotatable bonds is 2. The van der Waals surface area contributed by atoms with Crippen molar-refractivity contribution >= 4 is 0 Å². The van der Waals surface area contributed by atoms with Crippen LogP contribution in [0.25, 0.3) is 0 Å². The Morgan fingerprint density at radius 1 is 1.06 bits per heavy atom. The first kappa shape index (κ1) is 11.7. The van der Waals surface area contributed by atoms with E-state index < -0.39 is 0 Å². The molecule has 0 aliphatic rings. The van der Waals surface area contributed by atoms with Gasteiger partial charge in [0, 0.05) is 12.4 Å². The molecule has 1 unspecified atom stereocenters. The van der Waals surface area contributed by atoms with Crippen LogP contribution in [0.5, 0.6) is 0 Å². The van der Waals surface area contributed by atoms with Crippen molar-refractivity contribution in [2.24, 2.45) is 5.73 Å². The van der Waals surface area contributed by atoms with Gasteiger partial charge in [-0.05, 0) is 37.5 Å². The highest BCUT2D eigenvalue weighted by molar-refractivity contribution is 5.42. The van der Waals surface area contributed by atoms with Gasteiger partial charge in [-0.1, -0.05) is 17.7 Å². The van der Waals surface area contributed by atoms with Gasteiger partial charge in [-0.3, -0.25) is 9.97 Å². The zero-order valence-electron chi connectivity index (χ0n) is 10.4. The third-order valence-electron chi connectivity index (χ3n) is 2.95. The minimum atomic E-state index is -0.204. The molecule has 88 valence electrons. The maximum atomic E-state index is 6.27. The van der Waals surface area contributed by atoms with Crippen molar-refractivity contribution < 1.29 is 0 Å². The Labute approximate surface area is 102 Å². The molecule has 17 heavy (non-hydrogen) atoms. The van der Waals surface area contributed by atoms with E-state index >= 15 is 0 Å². The van der Waals surface area contributed by atoms with Crippen LogP contribution in [-0.2, 0) is 0 Å². The quantitative estimate of drug-likeness (QED) is 0.857. The lowest BCUT2D eigenvalue weighted by Gasteiger charge is -2.17. The third kappa shape index (κ3) is 2.34. The van der Waals surface area contributed by atoms with E-state index in [0.29, 0.717) is 0 Å². The average molecular weight is 227 g/mol. The summed E-state index contributed by atoms with van der Waals surface area (Å²) in [7, 11) is 0. The summed E-state index contributed by atoms with van der Waals surface area (Å²) in [5.74, 6) is 0. The van der Waals surface area contributed by atoms with Gasteiger partial charge >= 0.3 is 0 Å². The third-order valence-corrected chi connectivity index (χ3v) is 2.95. The molecule has 2 aromatic rings. The highest BCUT2D eigenvalue weighted by Crippen LogP contribution is 2.25. The molecule has 3 heteroatoms. The molecule has 1 aromatic carbocycles. The smallest absolute Gasteiger partial charge is 0.0799 e. The summed E-state index contributed by atoms with van der Waals surface area (Å²) in [5.41, 5.74) is 11.9. The first-order chi connectivity index (χ1) is 8.09. The lowest BCUT2D eigenvalue weighted by atomic mass is 9.93. The molecular formula is C14H17N3. The van der Waals surface area contributed by atoms with E-state index in [2.05, 4.69) is 42.9 Å². The molecule has 2 rings (SSSR count). The van der Waals surface area contributed by atoms with Crippen molar-refractivity contribution in [3.63, 3.8) is 0 Å². The van der Waals surface area contributed by atoms with Crippen molar-refractivity contribution in [2.75, 3.05) is 0 Å². The van der Waals surface area contributed by atoms with Crippen LogP contribution in [0.4, 0.5) is 0 Å². The van der Waals surface area contributed by atoms with Crippen molar-refractivity contribution in [3.05, 3.63) is 58.7 Å². The first-order valence-electron chi connectivity index (χ1n) is 5.69. The number of nitrogens with two attached hydrogens (primary N) is 1. The molecule has 0 aliphatic carbocycles. The normalized spacial score (nSPS) is 12.5. The highest BCUT2D eigenvalue weighted by atomic mass is 14.8. The van der Waals surface area contributed by atoms with E-state index in [1.807, 2.05) is 0 Å². The van der Waals surface area contributed by atoms with E-state index in [9.17, 15) is 0 Å². The summed E-state index contributed by atoms with van der Waals surface area (Å²) in [4.78, 5) is 8.34. The Kier molecular flexibility index (Phi) is 3.20. The lowest BCUT2D eigenvalue weighted by molar-refractivity contribution is 0.802. The van der Waals surface area contributed by atoms with E-state index in [1.54, 1.807) is 18.6 Å². The van der Waals surface area contributed by atoms with Gasteiger partial charge in [0.25, 0.3) is 0 Å². The Morgan fingerprint density at radius 2 is 1.71 bits per heavy atom. The van der Waals surface area contributed by atoms with Crippen LogP contribution in [0.2, 0.25) is 0 Å². The molecule has 0 saturated carbocycles. The molecule has 0 spiro atoms. The number of aryl methyl sites for hydroxylation is 3. The van der Waals surface area contributed by atoms with Crippen molar-refractivity contribution in [2.45, 2.75) is 26.8 Å². The van der Waals surface area contributed by atoms with Gasteiger partial charge in [0.2, 0.25) is 0 Å². The summed E-state index contributed by atoms with van der Waals surface area (Å²) in [6, 6.07) is 4.10. The van der Waals surface area contributed by atoms with Gasteiger partial charge < -0.3 is 5.73 Å². The monoisotopic (exact) mass is 227 g/mol. The Bertz CT molecular complexity index is 497. The lowest BCUT2D eigenvalue weighted by Crippen LogP contribution is -2.16. The minimum absolute atomic E-state index is 0.204. The molecule has 1 atom stereocenters. The zero-order chi connectivity index (χ0) is 12.4. The van der Waals surface area contributed by atoms with Gasteiger partial charge in [-0.15, -0.1) is 0 Å². The molecule has 3 nitrogen and oxygen atoms in total. The number of hydrogen-bond acceptors (Lipinski definition) is 3. The second-order valence-corrected chi connectivity index (χ2v) is 4.42. The Balaban J connectivity index is 2.48. The Morgan fingerprint density at radius 3 is 2.24 bits per heavy atom.